The highest BCUT2D eigenvalue weighted by Gasteiger charge is 2.51. The lowest BCUT2D eigenvalue weighted by Crippen LogP contribution is -2.78. The van der Waals surface area contributed by atoms with Crippen molar-refractivity contribution < 1.29 is 4.48 Å². The minimum absolute atomic E-state index is 0.0212. The van der Waals surface area contributed by atoms with E-state index in [0.717, 1.165) is 36.7 Å². The lowest BCUT2D eigenvalue weighted by molar-refractivity contribution is -1.00. The van der Waals surface area contributed by atoms with Gasteiger partial charge in [0.2, 0.25) is 0 Å². The van der Waals surface area contributed by atoms with Crippen molar-refractivity contribution in [3.05, 3.63) is 0 Å². The number of quaternary nitrogens is 1. The fourth-order valence-corrected chi connectivity index (χ4v) is 5.86. The summed E-state index contributed by atoms with van der Waals surface area (Å²) in [7, 11) is 0. The van der Waals surface area contributed by atoms with Crippen LogP contribution in [0.2, 0.25) is 0 Å². The summed E-state index contributed by atoms with van der Waals surface area (Å²) >= 11 is 0. The summed E-state index contributed by atoms with van der Waals surface area (Å²) in [5.41, 5.74) is 21.9. The highest BCUT2D eigenvalue weighted by atomic mass is 15.5. The van der Waals surface area contributed by atoms with Gasteiger partial charge in [-0.05, 0) is 44.9 Å². The van der Waals surface area contributed by atoms with E-state index in [1.165, 1.54) is 57.8 Å². The molecule has 4 nitrogen and oxygen atoms in total. The van der Waals surface area contributed by atoms with E-state index in [-0.39, 0.29) is 18.5 Å². The van der Waals surface area contributed by atoms with Gasteiger partial charge in [-0.15, -0.1) is 0 Å². The maximum Gasteiger partial charge on any atom is 0.145 e. The molecule has 31 heavy (non-hydrogen) atoms. The minimum atomic E-state index is 0.0212. The first-order chi connectivity index (χ1) is 14.9. The largest absolute Gasteiger partial charge is 0.281 e. The molecule has 0 aliphatic heterocycles. The quantitative estimate of drug-likeness (QED) is 0.145. The molecular formula is C27H61N4+. The molecule has 0 aliphatic rings. The Morgan fingerprint density at radius 2 is 0.774 bits per heavy atom. The summed E-state index contributed by atoms with van der Waals surface area (Å²) < 4.78 is 0.725. The van der Waals surface area contributed by atoms with Gasteiger partial charge in [-0.3, -0.25) is 21.7 Å². The van der Waals surface area contributed by atoms with Crippen molar-refractivity contribution in [2.24, 2.45) is 35.0 Å². The smallest absolute Gasteiger partial charge is 0.145 e. The molecule has 0 rings (SSSR count). The molecule has 0 amide bonds. The van der Waals surface area contributed by atoms with Crippen LogP contribution < -0.4 is 17.2 Å². The van der Waals surface area contributed by atoms with Crippen LogP contribution in [0.25, 0.3) is 0 Å². The lowest BCUT2D eigenvalue weighted by Gasteiger charge is -2.56. The van der Waals surface area contributed by atoms with Crippen molar-refractivity contribution in [3.63, 3.8) is 0 Å². The van der Waals surface area contributed by atoms with E-state index in [1.54, 1.807) is 0 Å². The van der Waals surface area contributed by atoms with Crippen molar-refractivity contribution in [2.75, 3.05) is 6.54 Å². The lowest BCUT2D eigenvalue weighted by atomic mass is 9.85. The van der Waals surface area contributed by atoms with Gasteiger partial charge in [0.25, 0.3) is 0 Å². The summed E-state index contributed by atoms with van der Waals surface area (Å²) in [6, 6.07) is 0. The van der Waals surface area contributed by atoms with Gasteiger partial charge in [0, 0.05) is 17.8 Å². The molecule has 0 radical (unpaired) electrons. The zero-order chi connectivity index (χ0) is 23.9. The molecule has 6 unspecified atom stereocenters. The summed E-state index contributed by atoms with van der Waals surface area (Å²) in [4.78, 5) is 0. The van der Waals surface area contributed by atoms with Gasteiger partial charge < -0.3 is 0 Å². The molecule has 0 bridgehead atoms. The highest BCUT2D eigenvalue weighted by Crippen LogP contribution is 2.36. The molecular weight excluding hydrogens is 380 g/mol. The van der Waals surface area contributed by atoms with Crippen LogP contribution >= 0.6 is 0 Å². The summed E-state index contributed by atoms with van der Waals surface area (Å²) in [5.74, 6) is 1.45. The number of hydrogen-bond acceptors (Lipinski definition) is 3. The van der Waals surface area contributed by atoms with Crippen molar-refractivity contribution in [1.82, 2.24) is 0 Å². The second kappa shape index (κ2) is 17.3. The molecule has 188 valence electrons. The Kier molecular flexibility index (Phi) is 17.2. The van der Waals surface area contributed by atoms with Crippen molar-refractivity contribution in [3.8, 4) is 0 Å². The third-order valence-corrected chi connectivity index (χ3v) is 8.08. The van der Waals surface area contributed by atoms with Gasteiger partial charge in [0.1, 0.15) is 18.5 Å². The molecule has 0 spiro atoms. The summed E-state index contributed by atoms with van der Waals surface area (Å²) in [5, 5.41) is 0. The number of nitrogens with two attached hydrogens (primary N) is 3. The Hall–Kier alpha value is -0.160. The molecule has 0 aromatic carbocycles. The van der Waals surface area contributed by atoms with Crippen molar-refractivity contribution in [2.45, 2.75) is 150 Å². The third-order valence-electron chi connectivity index (χ3n) is 8.08. The van der Waals surface area contributed by atoms with Gasteiger partial charge in [0.15, 0.2) is 0 Å². The van der Waals surface area contributed by atoms with Crippen LogP contribution in [0.3, 0.4) is 0 Å². The van der Waals surface area contributed by atoms with E-state index >= 15 is 0 Å². The first kappa shape index (κ1) is 30.8. The zero-order valence-corrected chi connectivity index (χ0v) is 22.5. The van der Waals surface area contributed by atoms with Crippen LogP contribution in [0.15, 0.2) is 0 Å². The number of nitrogens with zero attached hydrogens (tertiary/aromatic N) is 1. The van der Waals surface area contributed by atoms with Crippen LogP contribution in [-0.4, -0.2) is 29.5 Å². The average Bonchev–Trinajstić information content (AvgIpc) is 2.78. The summed E-state index contributed by atoms with van der Waals surface area (Å²) in [6.07, 6.45) is 15.4. The Labute approximate surface area is 196 Å². The molecule has 0 heterocycles. The second-order valence-electron chi connectivity index (χ2n) is 10.1. The average molecular weight is 442 g/mol. The van der Waals surface area contributed by atoms with E-state index in [0.29, 0.717) is 17.8 Å². The van der Waals surface area contributed by atoms with E-state index in [2.05, 4.69) is 48.5 Å². The minimum Gasteiger partial charge on any atom is -0.281 e. The maximum absolute atomic E-state index is 7.29. The standard InChI is InChI=1S/C27H61N4/c1-8-15-18-22(12-5)25(28)31(21-11-4,26(29)23(13-6)19-16-9-2)27(30)24(14-7)20-17-10-3/h22-27H,8-21,28-30H2,1-7H3/q+1. The maximum atomic E-state index is 7.29. The zero-order valence-electron chi connectivity index (χ0n) is 22.5. The molecule has 6 atom stereocenters. The van der Waals surface area contributed by atoms with Gasteiger partial charge in [-0.2, -0.15) is 0 Å². The van der Waals surface area contributed by atoms with E-state index in [1.807, 2.05) is 0 Å². The molecule has 0 aliphatic carbocycles. The van der Waals surface area contributed by atoms with E-state index < -0.39 is 0 Å². The Morgan fingerprint density at radius 3 is 0.968 bits per heavy atom. The number of hydrogen-bond donors (Lipinski definition) is 3. The number of unbranched alkanes of at least 4 members (excludes halogenated alkanes) is 3. The van der Waals surface area contributed by atoms with E-state index in [4.69, 9.17) is 17.2 Å². The fourth-order valence-electron chi connectivity index (χ4n) is 5.86. The second-order valence-corrected chi connectivity index (χ2v) is 10.1. The van der Waals surface area contributed by atoms with Crippen molar-refractivity contribution >= 4 is 0 Å². The molecule has 0 aromatic heterocycles. The molecule has 6 N–H and O–H groups in total. The molecule has 0 saturated heterocycles. The van der Waals surface area contributed by atoms with Crippen LogP contribution in [-0.2, 0) is 0 Å². The summed E-state index contributed by atoms with van der Waals surface area (Å²) in [6.45, 7) is 17.0. The number of rotatable bonds is 20. The Bertz CT molecular complexity index is 359. The monoisotopic (exact) mass is 441 g/mol. The molecule has 4 heteroatoms. The van der Waals surface area contributed by atoms with Crippen LogP contribution in [0.5, 0.6) is 0 Å². The van der Waals surface area contributed by atoms with Crippen LogP contribution in [0.1, 0.15) is 132 Å². The first-order valence-electron chi connectivity index (χ1n) is 14.0. The predicted molar refractivity (Wildman–Crippen MR) is 139 cm³/mol. The van der Waals surface area contributed by atoms with Crippen LogP contribution in [0, 0.1) is 17.8 Å². The third kappa shape index (κ3) is 8.61. The SMILES string of the molecule is CCCCC(CC)C(N)[N+](CCC)(C(N)C(CC)CCCC)C(N)C(CC)CCCC. The predicted octanol–water partition coefficient (Wildman–Crippen LogP) is 6.72. The highest BCUT2D eigenvalue weighted by molar-refractivity contribution is 4.78. The van der Waals surface area contributed by atoms with Gasteiger partial charge in [0.05, 0.1) is 6.54 Å². The Morgan fingerprint density at radius 1 is 0.484 bits per heavy atom. The van der Waals surface area contributed by atoms with E-state index in [9.17, 15) is 0 Å². The fraction of sp³-hybridized carbons (Fsp3) is 1.00. The first-order valence-corrected chi connectivity index (χ1v) is 14.0. The van der Waals surface area contributed by atoms with Crippen LogP contribution in [0.4, 0.5) is 0 Å². The van der Waals surface area contributed by atoms with Crippen molar-refractivity contribution in [1.29, 1.82) is 0 Å². The molecule has 0 saturated carbocycles. The topological polar surface area (TPSA) is 78.1 Å². The van der Waals surface area contributed by atoms with Gasteiger partial charge in [-0.25, -0.2) is 0 Å². The van der Waals surface area contributed by atoms with Gasteiger partial charge >= 0.3 is 0 Å². The van der Waals surface area contributed by atoms with Gasteiger partial charge in [-0.1, -0.05) is 87.0 Å². The Balaban J connectivity index is 6.37. The molecule has 0 fully saturated rings. The normalized spacial score (nSPS) is 19.9. The molecule has 0 aromatic rings.